The van der Waals surface area contributed by atoms with Gasteiger partial charge in [-0.05, 0) is 25.1 Å². The summed E-state index contributed by atoms with van der Waals surface area (Å²) in [5.41, 5.74) is 2.44. The van der Waals surface area contributed by atoms with E-state index in [1.807, 2.05) is 25.1 Å². The van der Waals surface area contributed by atoms with Gasteiger partial charge in [0.25, 0.3) is 0 Å². The van der Waals surface area contributed by atoms with Crippen LogP contribution < -0.4 is 24.3 Å². The SMILES string of the molecule is COc1ccc(C)cc1/C=C/C(=O)Nc1cc(OC)c(OC)c(OC)c1. The van der Waals surface area contributed by atoms with Gasteiger partial charge in [-0.1, -0.05) is 11.6 Å². The average molecular weight is 357 g/mol. The zero-order chi connectivity index (χ0) is 19.1. The Bertz CT molecular complexity index is 789. The number of methoxy groups -OCH3 is 4. The van der Waals surface area contributed by atoms with Crippen molar-refractivity contribution in [3.63, 3.8) is 0 Å². The second kappa shape index (κ2) is 8.80. The van der Waals surface area contributed by atoms with E-state index in [-0.39, 0.29) is 5.91 Å². The van der Waals surface area contributed by atoms with Crippen LogP contribution in [0.3, 0.4) is 0 Å². The topological polar surface area (TPSA) is 66.0 Å². The molecule has 0 fully saturated rings. The molecular formula is C20H23NO5. The van der Waals surface area contributed by atoms with Gasteiger partial charge in [-0.2, -0.15) is 0 Å². The monoisotopic (exact) mass is 357 g/mol. The van der Waals surface area contributed by atoms with Crippen LogP contribution in [-0.4, -0.2) is 34.3 Å². The van der Waals surface area contributed by atoms with E-state index >= 15 is 0 Å². The normalized spacial score (nSPS) is 10.5. The molecular weight excluding hydrogens is 334 g/mol. The molecule has 6 heteroatoms. The van der Waals surface area contributed by atoms with Crippen molar-refractivity contribution in [2.24, 2.45) is 0 Å². The highest BCUT2D eigenvalue weighted by Crippen LogP contribution is 2.39. The van der Waals surface area contributed by atoms with Crippen LogP contribution in [0.1, 0.15) is 11.1 Å². The number of carbonyl (C=O) groups is 1. The Morgan fingerprint density at radius 2 is 1.50 bits per heavy atom. The van der Waals surface area contributed by atoms with Crippen molar-refractivity contribution in [3.05, 3.63) is 47.5 Å². The number of benzene rings is 2. The van der Waals surface area contributed by atoms with Gasteiger partial charge >= 0.3 is 0 Å². The van der Waals surface area contributed by atoms with E-state index < -0.39 is 0 Å². The smallest absolute Gasteiger partial charge is 0.248 e. The molecule has 0 aliphatic rings. The number of anilines is 1. The molecule has 0 bridgehead atoms. The third kappa shape index (κ3) is 4.47. The van der Waals surface area contributed by atoms with Crippen molar-refractivity contribution in [2.75, 3.05) is 33.8 Å². The highest BCUT2D eigenvalue weighted by molar-refractivity contribution is 6.02. The van der Waals surface area contributed by atoms with Crippen molar-refractivity contribution in [2.45, 2.75) is 6.92 Å². The molecule has 0 radical (unpaired) electrons. The summed E-state index contributed by atoms with van der Waals surface area (Å²) in [5.74, 6) is 1.81. The van der Waals surface area contributed by atoms with Crippen molar-refractivity contribution in [3.8, 4) is 23.0 Å². The van der Waals surface area contributed by atoms with E-state index in [4.69, 9.17) is 18.9 Å². The maximum atomic E-state index is 12.3. The number of hydrogen-bond donors (Lipinski definition) is 1. The molecule has 0 saturated heterocycles. The van der Waals surface area contributed by atoms with Crippen LogP contribution in [0.25, 0.3) is 6.08 Å². The molecule has 0 aliphatic carbocycles. The molecule has 0 aromatic heterocycles. The molecule has 2 aromatic carbocycles. The summed E-state index contributed by atoms with van der Waals surface area (Å²) in [6, 6.07) is 9.10. The molecule has 0 saturated carbocycles. The summed E-state index contributed by atoms with van der Waals surface area (Å²) >= 11 is 0. The summed E-state index contributed by atoms with van der Waals surface area (Å²) in [6.45, 7) is 1.98. The number of nitrogens with one attached hydrogen (secondary N) is 1. The molecule has 26 heavy (non-hydrogen) atoms. The quantitative estimate of drug-likeness (QED) is 0.766. The van der Waals surface area contributed by atoms with Gasteiger partial charge in [-0.25, -0.2) is 0 Å². The predicted octanol–water partition coefficient (Wildman–Crippen LogP) is 3.68. The molecule has 138 valence electrons. The van der Waals surface area contributed by atoms with Gasteiger partial charge in [0.05, 0.1) is 28.4 Å². The van der Waals surface area contributed by atoms with Crippen LogP contribution in [0, 0.1) is 6.92 Å². The molecule has 2 rings (SSSR count). The maximum Gasteiger partial charge on any atom is 0.248 e. The second-order valence-corrected chi connectivity index (χ2v) is 5.48. The first kappa shape index (κ1) is 19.2. The first-order chi connectivity index (χ1) is 12.5. The van der Waals surface area contributed by atoms with E-state index in [1.165, 1.54) is 27.4 Å². The van der Waals surface area contributed by atoms with Crippen LogP contribution >= 0.6 is 0 Å². The highest BCUT2D eigenvalue weighted by Gasteiger charge is 2.14. The van der Waals surface area contributed by atoms with Gasteiger partial charge in [0, 0.05) is 29.5 Å². The first-order valence-corrected chi connectivity index (χ1v) is 7.96. The number of amides is 1. The molecule has 6 nitrogen and oxygen atoms in total. The van der Waals surface area contributed by atoms with Crippen molar-refractivity contribution in [1.29, 1.82) is 0 Å². The minimum absolute atomic E-state index is 0.289. The van der Waals surface area contributed by atoms with Crippen molar-refractivity contribution < 1.29 is 23.7 Å². The summed E-state index contributed by atoms with van der Waals surface area (Å²) < 4.78 is 21.1. The Kier molecular flexibility index (Phi) is 6.49. The van der Waals surface area contributed by atoms with E-state index in [1.54, 1.807) is 25.3 Å². The summed E-state index contributed by atoms with van der Waals surface area (Å²) in [6.07, 6.45) is 3.15. The Morgan fingerprint density at radius 3 is 2.04 bits per heavy atom. The molecule has 1 amide bonds. The summed E-state index contributed by atoms with van der Waals surface area (Å²) in [7, 11) is 6.16. The van der Waals surface area contributed by atoms with E-state index in [2.05, 4.69) is 5.32 Å². The molecule has 0 atom stereocenters. The molecule has 2 aromatic rings. The van der Waals surface area contributed by atoms with Gasteiger partial charge < -0.3 is 24.3 Å². The third-order valence-corrected chi connectivity index (χ3v) is 3.73. The molecule has 0 spiro atoms. The standard InChI is InChI=1S/C20H23NO5/c1-13-6-8-16(23-2)14(10-13)7-9-19(22)21-15-11-17(24-3)20(26-5)18(12-15)25-4/h6-12H,1-5H3,(H,21,22)/b9-7+. The Morgan fingerprint density at radius 1 is 0.885 bits per heavy atom. The summed E-state index contributed by atoms with van der Waals surface area (Å²) in [5, 5.41) is 2.78. The summed E-state index contributed by atoms with van der Waals surface area (Å²) in [4.78, 5) is 12.3. The van der Waals surface area contributed by atoms with Crippen molar-refractivity contribution >= 4 is 17.7 Å². The van der Waals surface area contributed by atoms with Crippen molar-refractivity contribution in [1.82, 2.24) is 0 Å². The molecule has 1 N–H and O–H groups in total. The maximum absolute atomic E-state index is 12.3. The zero-order valence-electron chi connectivity index (χ0n) is 15.6. The van der Waals surface area contributed by atoms with E-state index in [9.17, 15) is 4.79 Å². The molecule has 0 aliphatic heterocycles. The van der Waals surface area contributed by atoms with E-state index in [0.29, 0.717) is 28.7 Å². The van der Waals surface area contributed by atoms with Gasteiger partial charge in [-0.3, -0.25) is 4.79 Å². The van der Waals surface area contributed by atoms with E-state index in [0.717, 1.165) is 11.1 Å². The largest absolute Gasteiger partial charge is 0.496 e. The Balaban J connectivity index is 2.21. The predicted molar refractivity (Wildman–Crippen MR) is 101 cm³/mol. The lowest BCUT2D eigenvalue weighted by Crippen LogP contribution is -2.08. The fourth-order valence-corrected chi connectivity index (χ4v) is 2.49. The number of aryl methyl sites for hydroxylation is 1. The van der Waals surface area contributed by atoms with Crippen LogP contribution in [0.5, 0.6) is 23.0 Å². The average Bonchev–Trinajstić information content (AvgIpc) is 2.65. The van der Waals surface area contributed by atoms with Crippen LogP contribution in [-0.2, 0) is 4.79 Å². The number of ether oxygens (including phenoxy) is 4. The fraction of sp³-hybridized carbons (Fsp3) is 0.250. The Hall–Kier alpha value is -3.15. The van der Waals surface area contributed by atoms with Crippen LogP contribution in [0.2, 0.25) is 0 Å². The molecule has 0 unspecified atom stereocenters. The van der Waals surface area contributed by atoms with Crippen LogP contribution in [0.15, 0.2) is 36.4 Å². The van der Waals surface area contributed by atoms with Gasteiger partial charge in [0.2, 0.25) is 11.7 Å². The third-order valence-electron chi connectivity index (χ3n) is 3.73. The second-order valence-electron chi connectivity index (χ2n) is 5.48. The number of hydrogen-bond acceptors (Lipinski definition) is 5. The fourth-order valence-electron chi connectivity index (χ4n) is 2.49. The minimum Gasteiger partial charge on any atom is -0.496 e. The molecule has 0 heterocycles. The number of carbonyl (C=O) groups excluding carboxylic acids is 1. The minimum atomic E-state index is -0.289. The van der Waals surface area contributed by atoms with Gasteiger partial charge in [0.1, 0.15) is 5.75 Å². The van der Waals surface area contributed by atoms with Crippen LogP contribution in [0.4, 0.5) is 5.69 Å². The van der Waals surface area contributed by atoms with Gasteiger partial charge in [0.15, 0.2) is 11.5 Å². The first-order valence-electron chi connectivity index (χ1n) is 7.96. The lowest BCUT2D eigenvalue weighted by atomic mass is 10.1. The van der Waals surface area contributed by atoms with Gasteiger partial charge in [-0.15, -0.1) is 0 Å². The Labute approximate surface area is 153 Å². The lowest BCUT2D eigenvalue weighted by Gasteiger charge is -2.14. The number of rotatable bonds is 7. The lowest BCUT2D eigenvalue weighted by molar-refractivity contribution is -0.111. The zero-order valence-corrected chi connectivity index (χ0v) is 15.6. The highest BCUT2D eigenvalue weighted by atomic mass is 16.5.